The lowest BCUT2D eigenvalue weighted by Gasteiger charge is -2.04. The quantitative estimate of drug-likeness (QED) is 0.469. The molecule has 0 saturated carbocycles. The number of carbonyl (C=O) groups excluding carboxylic acids is 1. The lowest BCUT2D eigenvalue weighted by molar-refractivity contribution is 0.0951. The summed E-state index contributed by atoms with van der Waals surface area (Å²) in [7, 11) is 1.46. The van der Waals surface area contributed by atoms with Crippen molar-refractivity contribution in [2.24, 2.45) is 5.10 Å². The molecule has 0 saturated heterocycles. The monoisotopic (exact) mass is 353 g/mol. The van der Waals surface area contributed by atoms with Crippen molar-refractivity contribution in [1.29, 1.82) is 0 Å². The molecule has 3 rings (SSSR count). The molecule has 134 valence electrons. The average Bonchev–Trinajstić information content (AvgIpc) is 3.07. The van der Waals surface area contributed by atoms with Crippen molar-refractivity contribution >= 4 is 23.0 Å². The molecular weight excluding hydrogens is 334 g/mol. The largest absolute Gasteiger partial charge is 0.504 e. The lowest BCUT2D eigenvalue weighted by atomic mass is 10.2. The highest BCUT2D eigenvalue weighted by molar-refractivity contribution is 5.98. The molecule has 1 amide bonds. The van der Waals surface area contributed by atoms with E-state index < -0.39 is 5.91 Å². The van der Waals surface area contributed by atoms with Crippen LogP contribution in [0, 0.1) is 0 Å². The van der Waals surface area contributed by atoms with Crippen molar-refractivity contribution in [3.63, 3.8) is 0 Å². The van der Waals surface area contributed by atoms with Gasteiger partial charge in [0, 0.05) is 16.5 Å². The van der Waals surface area contributed by atoms with Crippen molar-refractivity contribution in [2.45, 2.75) is 6.92 Å². The number of hydrogen-bond donors (Lipinski definition) is 3. The summed E-state index contributed by atoms with van der Waals surface area (Å²) < 4.78 is 10.5. The summed E-state index contributed by atoms with van der Waals surface area (Å²) in [6.45, 7) is 2.49. The van der Waals surface area contributed by atoms with Gasteiger partial charge >= 0.3 is 0 Å². The van der Waals surface area contributed by atoms with E-state index in [0.29, 0.717) is 23.6 Å². The summed E-state index contributed by atoms with van der Waals surface area (Å²) in [4.78, 5) is 15.3. The summed E-state index contributed by atoms with van der Waals surface area (Å²) in [6, 6.07) is 12.3. The predicted molar refractivity (Wildman–Crippen MR) is 99.2 cm³/mol. The van der Waals surface area contributed by atoms with E-state index in [-0.39, 0.29) is 5.75 Å². The second-order valence-corrected chi connectivity index (χ2v) is 5.46. The van der Waals surface area contributed by atoms with Crippen LogP contribution in [-0.4, -0.2) is 35.9 Å². The minimum Gasteiger partial charge on any atom is -0.504 e. The molecule has 0 aliphatic carbocycles. The zero-order chi connectivity index (χ0) is 18.5. The highest BCUT2D eigenvalue weighted by Crippen LogP contribution is 2.28. The predicted octanol–water partition coefficient (Wildman–Crippen LogP) is 3.04. The first-order valence-corrected chi connectivity index (χ1v) is 8.07. The molecular formula is C19H19N3O4. The minimum atomic E-state index is -0.391. The van der Waals surface area contributed by atoms with E-state index in [9.17, 15) is 9.90 Å². The highest BCUT2D eigenvalue weighted by Gasteiger charge is 2.10. The van der Waals surface area contributed by atoms with Crippen LogP contribution in [0.25, 0.3) is 10.9 Å². The molecule has 26 heavy (non-hydrogen) atoms. The van der Waals surface area contributed by atoms with Crippen LogP contribution in [0.1, 0.15) is 23.0 Å². The maximum absolute atomic E-state index is 12.2. The molecule has 0 aliphatic heterocycles. The molecule has 0 aliphatic rings. The number of aromatic nitrogens is 1. The second-order valence-electron chi connectivity index (χ2n) is 5.46. The third kappa shape index (κ3) is 3.61. The Kier molecular flexibility index (Phi) is 5.07. The van der Waals surface area contributed by atoms with Crippen LogP contribution in [0.15, 0.2) is 47.6 Å². The Labute approximate surface area is 150 Å². The molecule has 2 aromatic carbocycles. The molecule has 0 atom stereocenters. The van der Waals surface area contributed by atoms with Gasteiger partial charge in [0.2, 0.25) is 0 Å². The van der Waals surface area contributed by atoms with Gasteiger partial charge < -0.3 is 19.6 Å². The number of nitrogens with zero attached hydrogens (tertiary/aromatic N) is 1. The fourth-order valence-electron chi connectivity index (χ4n) is 2.52. The smallest absolute Gasteiger partial charge is 0.287 e. The van der Waals surface area contributed by atoms with Crippen LogP contribution in [0.3, 0.4) is 0 Å². The van der Waals surface area contributed by atoms with Crippen LogP contribution in [-0.2, 0) is 0 Å². The molecule has 0 fully saturated rings. The third-order valence-electron chi connectivity index (χ3n) is 3.77. The number of amides is 1. The molecule has 0 unspecified atom stereocenters. The number of carbonyl (C=O) groups is 1. The van der Waals surface area contributed by atoms with E-state index in [2.05, 4.69) is 15.5 Å². The minimum absolute atomic E-state index is 0.0398. The number of aromatic hydroxyl groups is 1. The zero-order valence-electron chi connectivity index (χ0n) is 14.4. The van der Waals surface area contributed by atoms with Crippen LogP contribution in [0.4, 0.5) is 0 Å². The maximum Gasteiger partial charge on any atom is 0.287 e. The van der Waals surface area contributed by atoms with E-state index in [1.807, 2.05) is 25.1 Å². The number of fused-ring (bicyclic) bond motifs is 1. The number of hydrazone groups is 1. The molecule has 0 radical (unpaired) electrons. The second kappa shape index (κ2) is 7.60. The van der Waals surface area contributed by atoms with Crippen molar-refractivity contribution < 1.29 is 19.4 Å². The SMILES string of the molecule is CCOc1ccc2[nH]c(C(=O)NN=Cc3cccc(OC)c3O)cc2c1. The van der Waals surface area contributed by atoms with E-state index >= 15 is 0 Å². The summed E-state index contributed by atoms with van der Waals surface area (Å²) in [5.41, 5.74) is 4.06. The Bertz CT molecular complexity index is 963. The number of aromatic amines is 1. The Morgan fingerprint density at radius 2 is 2.15 bits per heavy atom. The number of rotatable bonds is 6. The molecule has 1 aromatic heterocycles. The first kappa shape index (κ1) is 17.3. The van der Waals surface area contributed by atoms with Crippen LogP contribution >= 0.6 is 0 Å². The van der Waals surface area contributed by atoms with Crippen LogP contribution in [0.2, 0.25) is 0 Å². The van der Waals surface area contributed by atoms with Gasteiger partial charge in [-0.2, -0.15) is 5.10 Å². The molecule has 7 heteroatoms. The first-order valence-electron chi connectivity index (χ1n) is 8.07. The fraction of sp³-hybridized carbons (Fsp3) is 0.158. The van der Waals surface area contributed by atoms with Gasteiger partial charge in [-0.25, -0.2) is 5.43 Å². The van der Waals surface area contributed by atoms with Gasteiger partial charge in [-0.05, 0) is 43.3 Å². The Morgan fingerprint density at radius 3 is 2.92 bits per heavy atom. The van der Waals surface area contributed by atoms with Gasteiger partial charge in [0.15, 0.2) is 11.5 Å². The molecule has 0 bridgehead atoms. The fourth-order valence-corrected chi connectivity index (χ4v) is 2.52. The van der Waals surface area contributed by atoms with Gasteiger partial charge in [0.1, 0.15) is 11.4 Å². The third-order valence-corrected chi connectivity index (χ3v) is 3.77. The zero-order valence-corrected chi connectivity index (χ0v) is 14.4. The summed E-state index contributed by atoms with van der Waals surface area (Å²) in [5, 5.41) is 14.7. The maximum atomic E-state index is 12.2. The van der Waals surface area contributed by atoms with Crippen molar-refractivity contribution in [1.82, 2.24) is 10.4 Å². The van der Waals surface area contributed by atoms with Gasteiger partial charge in [-0.3, -0.25) is 4.79 Å². The average molecular weight is 353 g/mol. The molecule has 3 N–H and O–H groups in total. The number of ether oxygens (including phenoxy) is 2. The van der Waals surface area contributed by atoms with Gasteiger partial charge in [-0.1, -0.05) is 6.07 Å². The highest BCUT2D eigenvalue weighted by atomic mass is 16.5. The van der Waals surface area contributed by atoms with Crippen LogP contribution < -0.4 is 14.9 Å². The normalized spacial score (nSPS) is 11.0. The number of hydrogen-bond acceptors (Lipinski definition) is 5. The number of para-hydroxylation sites is 1. The van der Waals surface area contributed by atoms with Gasteiger partial charge in [-0.15, -0.1) is 0 Å². The van der Waals surface area contributed by atoms with E-state index in [1.165, 1.54) is 13.3 Å². The Balaban J connectivity index is 1.73. The van der Waals surface area contributed by atoms with E-state index in [1.54, 1.807) is 24.3 Å². The van der Waals surface area contributed by atoms with Gasteiger partial charge in [0.25, 0.3) is 5.91 Å². The summed E-state index contributed by atoms with van der Waals surface area (Å²) in [5.74, 6) is 0.651. The van der Waals surface area contributed by atoms with Gasteiger partial charge in [0.05, 0.1) is 19.9 Å². The molecule has 0 spiro atoms. The molecule has 7 nitrogen and oxygen atoms in total. The van der Waals surface area contributed by atoms with E-state index in [4.69, 9.17) is 9.47 Å². The molecule has 3 aromatic rings. The van der Waals surface area contributed by atoms with Crippen molar-refractivity contribution in [2.75, 3.05) is 13.7 Å². The Hall–Kier alpha value is -3.48. The number of methoxy groups -OCH3 is 1. The van der Waals surface area contributed by atoms with Crippen molar-refractivity contribution in [3.8, 4) is 17.2 Å². The summed E-state index contributed by atoms with van der Waals surface area (Å²) >= 11 is 0. The first-order chi connectivity index (χ1) is 12.6. The van der Waals surface area contributed by atoms with E-state index in [0.717, 1.165) is 16.7 Å². The number of nitrogens with one attached hydrogen (secondary N) is 2. The topological polar surface area (TPSA) is 95.9 Å². The molecule has 1 heterocycles. The number of H-pyrrole nitrogens is 1. The standard InChI is InChI=1S/C19H19N3O4/c1-3-26-14-7-8-15-13(9-14)10-16(21-15)19(24)22-20-11-12-5-4-6-17(25-2)18(12)23/h4-11,21,23H,3H2,1-2H3,(H,22,24). The van der Waals surface area contributed by atoms with Crippen molar-refractivity contribution in [3.05, 3.63) is 53.7 Å². The van der Waals surface area contributed by atoms with Crippen LogP contribution in [0.5, 0.6) is 17.2 Å². The number of benzene rings is 2. The Morgan fingerprint density at radius 1 is 1.31 bits per heavy atom. The number of phenols is 1. The number of phenolic OH excluding ortho intramolecular Hbond substituents is 1. The summed E-state index contributed by atoms with van der Waals surface area (Å²) in [6.07, 6.45) is 1.35. The lowest BCUT2D eigenvalue weighted by Crippen LogP contribution is -2.17.